The molecule has 0 saturated heterocycles. The van der Waals surface area contributed by atoms with Gasteiger partial charge in [-0.1, -0.05) is 19.1 Å². The van der Waals surface area contributed by atoms with Crippen LogP contribution in [-0.4, -0.2) is 39.2 Å². The summed E-state index contributed by atoms with van der Waals surface area (Å²) < 4.78 is 18.6. The highest BCUT2D eigenvalue weighted by Crippen LogP contribution is 2.27. The maximum absolute atomic E-state index is 13.1. The van der Waals surface area contributed by atoms with Crippen molar-refractivity contribution in [1.82, 2.24) is 10.3 Å². The molecule has 3 N–H and O–H groups in total. The second-order valence-electron chi connectivity index (χ2n) is 9.28. The zero-order valence-corrected chi connectivity index (χ0v) is 22.6. The zero-order valence-electron chi connectivity index (χ0n) is 21.7. The number of phenolic OH excluding ortho intramolecular Hbond substituents is 1. The lowest BCUT2D eigenvalue weighted by Gasteiger charge is -2.27. The standard InChI is InChI=1S/C15H21NO3.C14H12FNO2S/c1-10-2-5-12(6-3-10)16-15(19)13-7-4-11(9-17)8-14(13)18;1-9(17)13-6-10(15)8-16-14(13)18-11-4-3-5-12(7-11)19-2/h4,7-8,10,12,17-18H,2-3,5-6,9H2,1H3,(H,16,19);3-8H,1-2H3. The first-order chi connectivity index (χ1) is 18.2. The third kappa shape index (κ3) is 8.29. The van der Waals surface area contributed by atoms with Crippen LogP contribution < -0.4 is 10.1 Å². The first-order valence-corrected chi connectivity index (χ1v) is 13.6. The highest BCUT2D eigenvalue weighted by Gasteiger charge is 2.21. The highest BCUT2D eigenvalue weighted by atomic mass is 32.2. The topological polar surface area (TPSA) is 109 Å². The molecule has 1 aliphatic carbocycles. The Labute approximate surface area is 226 Å². The van der Waals surface area contributed by atoms with E-state index in [2.05, 4.69) is 17.2 Å². The predicted molar refractivity (Wildman–Crippen MR) is 145 cm³/mol. The minimum absolute atomic E-state index is 0.0757. The van der Waals surface area contributed by atoms with Crippen molar-refractivity contribution in [3.8, 4) is 17.4 Å². The van der Waals surface area contributed by atoms with Gasteiger partial charge in [-0.25, -0.2) is 9.37 Å². The second-order valence-corrected chi connectivity index (χ2v) is 10.2. The van der Waals surface area contributed by atoms with E-state index < -0.39 is 5.82 Å². The van der Waals surface area contributed by atoms with Gasteiger partial charge in [0.1, 0.15) is 17.3 Å². The van der Waals surface area contributed by atoms with Crippen molar-refractivity contribution in [1.29, 1.82) is 0 Å². The Morgan fingerprint density at radius 1 is 1.11 bits per heavy atom. The largest absolute Gasteiger partial charge is 0.507 e. The molecule has 0 unspecified atom stereocenters. The van der Waals surface area contributed by atoms with Crippen molar-refractivity contribution >= 4 is 23.5 Å². The molecule has 38 heavy (non-hydrogen) atoms. The lowest BCUT2D eigenvalue weighted by Crippen LogP contribution is -2.37. The Morgan fingerprint density at radius 3 is 2.47 bits per heavy atom. The van der Waals surface area contributed by atoms with Crippen LogP contribution in [0.25, 0.3) is 0 Å². The van der Waals surface area contributed by atoms with Crippen LogP contribution in [-0.2, 0) is 6.61 Å². The van der Waals surface area contributed by atoms with Gasteiger partial charge in [-0.2, -0.15) is 0 Å². The molecule has 1 heterocycles. The second kappa shape index (κ2) is 13.9. The van der Waals surface area contributed by atoms with Crippen LogP contribution in [0.5, 0.6) is 17.4 Å². The Morgan fingerprint density at radius 2 is 1.84 bits per heavy atom. The summed E-state index contributed by atoms with van der Waals surface area (Å²) in [5.41, 5.74) is 1.01. The van der Waals surface area contributed by atoms with Gasteiger partial charge in [0.05, 0.1) is 23.9 Å². The van der Waals surface area contributed by atoms with E-state index in [9.17, 15) is 19.1 Å². The number of ether oxygens (including phenoxy) is 1. The minimum Gasteiger partial charge on any atom is -0.507 e. The third-order valence-electron chi connectivity index (χ3n) is 6.29. The van der Waals surface area contributed by atoms with Gasteiger partial charge < -0.3 is 20.3 Å². The van der Waals surface area contributed by atoms with Crippen LogP contribution in [0, 0.1) is 11.7 Å². The monoisotopic (exact) mass is 540 g/mol. The van der Waals surface area contributed by atoms with Gasteiger partial charge in [0, 0.05) is 10.9 Å². The highest BCUT2D eigenvalue weighted by molar-refractivity contribution is 7.98. The van der Waals surface area contributed by atoms with E-state index in [-0.39, 0.29) is 47.1 Å². The van der Waals surface area contributed by atoms with E-state index in [0.717, 1.165) is 48.8 Å². The number of amides is 1. The lowest BCUT2D eigenvalue weighted by atomic mass is 9.87. The summed E-state index contributed by atoms with van der Waals surface area (Å²) in [7, 11) is 0. The van der Waals surface area contributed by atoms with E-state index in [1.54, 1.807) is 30.0 Å². The fraction of sp³-hybridized carbons (Fsp3) is 0.345. The van der Waals surface area contributed by atoms with Crippen molar-refractivity contribution in [2.75, 3.05) is 6.26 Å². The molecule has 9 heteroatoms. The van der Waals surface area contributed by atoms with Crippen LogP contribution in [0.3, 0.4) is 0 Å². The molecular weight excluding hydrogens is 507 g/mol. The Balaban J connectivity index is 0.000000211. The molecule has 1 aliphatic rings. The van der Waals surface area contributed by atoms with Gasteiger partial charge in [-0.05, 0) is 86.7 Å². The normalized spacial score (nSPS) is 16.7. The van der Waals surface area contributed by atoms with Crippen molar-refractivity contribution < 1.29 is 28.9 Å². The summed E-state index contributed by atoms with van der Waals surface area (Å²) in [4.78, 5) is 28.4. The summed E-state index contributed by atoms with van der Waals surface area (Å²) >= 11 is 1.58. The first-order valence-electron chi connectivity index (χ1n) is 12.4. The number of pyridine rings is 1. The number of nitrogens with zero attached hydrogens (tertiary/aromatic N) is 1. The van der Waals surface area contributed by atoms with Crippen LogP contribution in [0.15, 0.2) is 59.6 Å². The molecule has 7 nitrogen and oxygen atoms in total. The van der Waals surface area contributed by atoms with Gasteiger partial charge in [0.25, 0.3) is 5.91 Å². The average Bonchev–Trinajstić information content (AvgIpc) is 2.91. The van der Waals surface area contributed by atoms with Crippen molar-refractivity contribution in [3.63, 3.8) is 0 Å². The van der Waals surface area contributed by atoms with Gasteiger partial charge >= 0.3 is 0 Å². The SMILES string of the molecule is CC1CCC(NC(=O)c2ccc(CO)cc2O)CC1.CSc1cccc(Oc2ncc(F)cc2C(C)=O)c1. The molecule has 0 radical (unpaired) electrons. The van der Waals surface area contributed by atoms with Crippen LogP contribution in [0.4, 0.5) is 4.39 Å². The van der Waals surface area contributed by atoms with Crippen molar-refractivity contribution in [3.05, 3.63) is 77.2 Å². The quantitative estimate of drug-likeness (QED) is 0.244. The molecule has 0 bridgehead atoms. The van der Waals surface area contributed by atoms with Gasteiger partial charge in [0.15, 0.2) is 5.78 Å². The number of benzene rings is 2. The number of aromatic nitrogens is 1. The number of aliphatic hydroxyl groups excluding tert-OH is 1. The lowest BCUT2D eigenvalue weighted by molar-refractivity contribution is 0.0919. The molecule has 1 amide bonds. The Hall–Kier alpha value is -3.43. The molecular formula is C29H33FN2O5S. The van der Waals surface area contributed by atoms with E-state index >= 15 is 0 Å². The minimum atomic E-state index is -0.560. The number of rotatable bonds is 7. The molecule has 1 saturated carbocycles. The number of carbonyl (C=O) groups is 2. The predicted octanol–water partition coefficient (Wildman–Crippen LogP) is 6.13. The summed E-state index contributed by atoms with van der Waals surface area (Å²) in [6.45, 7) is 3.44. The number of phenols is 1. The summed E-state index contributed by atoms with van der Waals surface area (Å²) in [5.74, 6) is 0.263. The summed E-state index contributed by atoms with van der Waals surface area (Å²) in [5, 5.41) is 21.7. The maximum atomic E-state index is 13.1. The molecule has 0 spiro atoms. The zero-order chi connectivity index (χ0) is 27.7. The van der Waals surface area contributed by atoms with Crippen molar-refractivity contribution in [2.45, 2.75) is 57.1 Å². The number of hydrogen-bond acceptors (Lipinski definition) is 7. The van der Waals surface area contributed by atoms with E-state index in [4.69, 9.17) is 9.84 Å². The van der Waals surface area contributed by atoms with Gasteiger partial charge in [-0.3, -0.25) is 9.59 Å². The molecule has 202 valence electrons. The fourth-order valence-electron chi connectivity index (χ4n) is 4.07. The number of ketones is 1. The Kier molecular flexibility index (Phi) is 10.7. The number of nitrogens with one attached hydrogen (secondary N) is 1. The van der Waals surface area contributed by atoms with Gasteiger partial charge in [0.2, 0.25) is 5.88 Å². The van der Waals surface area contributed by atoms with E-state index in [1.165, 1.54) is 13.0 Å². The molecule has 0 atom stereocenters. The number of thioether (sulfide) groups is 1. The summed E-state index contributed by atoms with van der Waals surface area (Å²) in [6, 6.07) is 13.4. The third-order valence-corrected chi connectivity index (χ3v) is 7.02. The Bertz CT molecular complexity index is 1260. The fourth-order valence-corrected chi connectivity index (χ4v) is 4.52. The number of aliphatic hydroxyl groups is 1. The van der Waals surface area contributed by atoms with Crippen LogP contribution in [0.2, 0.25) is 0 Å². The molecule has 0 aliphatic heterocycles. The summed E-state index contributed by atoms with van der Waals surface area (Å²) in [6.07, 6.45) is 7.27. The maximum Gasteiger partial charge on any atom is 0.255 e. The number of halogens is 1. The van der Waals surface area contributed by atoms with E-state index in [0.29, 0.717) is 11.3 Å². The molecule has 4 rings (SSSR count). The molecule has 3 aromatic rings. The molecule has 1 fully saturated rings. The number of carbonyl (C=O) groups excluding carboxylic acids is 2. The van der Waals surface area contributed by atoms with Crippen LogP contribution >= 0.6 is 11.8 Å². The smallest absolute Gasteiger partial charge is 0.255 e. The van der Waals surface area contributed by atoms with Gasteiger partial charge in [-0.15, -0.1) is 11.8 Å². The van der Waals surface area contributed by atoms with E-state index in [1.807, 2.05) is 24.5 Å². The average molecular weight is 541 g/mol. The first kappa shape index (κ1) is 29.1. The number of Topliss-reactive ketones (excluding diaryl/α,β-unsaturated/α-hetero) is 1. The molecule has 2 aromatic carbocycles. The van der Waals surface area contributed by atoms with Crippen molar-refractivity contribution in [2.24, 2.45) is 5.92 Å². The number of aromatic hydroxyl groups is 1. The number of hydrogen-bond donors (Lipinski definition) is 3. The molecule has 1 aromatic heterocycles. The van der Waals surface area contributed by atoms with Crippen LogP contribution in [0.1, 0.15) is 65.8 Å².